The van der Waals surface area contributed by atoms with Gasteiger partial charge in [-0.15, -0.1) is 22.7 Å². The Hall–Kier alpha value is -2.35. The average molecular weight is 503 g/mol. The summed E-state index contributed by atoms with van der Waals surface area (Å²) in [5, 5.41) is 2.83. The zero-order chi connectivity index (χ0) is 22.9. The number of carbonyl (C=O) groups is 1. The van der Waals surface area contributed by atoms with Gasteiger partial charge in [-0.05, 0) is 36.6 Å². The Balaban J connectivity index is 1.52. The molecule has 2 aromatic heterocycles. The maximum atomic E-state index is 14.4. The molecule has 2 aromatic carbocycles. The molecule has 0 N–H and O–H groups in total. The van der Waals surface area contributed by atoms with Gasteiger partial charge >= 0.3 is 0 Å². The molecule has 3 nitrogen and oxygen atoms in total. The van der Waals surface area contributed by atoms with Gasteiger partial charge in [0.1, 0.15) is 21.5 Å². The highest BCUT2D eigenvalue weighted by Crippen LogP contribution is 2.40. The number of halogens is 3. The van der Waals surface area contributed by atoms with Gasteiger partial charge in [0.15, 0.2) is 0 Å². The van der Waals surface area contributed by atoms with Crippen LogP contribution in [0.25, 0.3) is 20.7 Å². The Morgan fingerprint density at radius 3 is 2.64 bits per heavy atom. The number of fused-ring (bicyclic) bond motifs is 1. The summed E-state index contributed by atoms with van der Waals surface area (Å²) in [6.45, 7) is 0.401. The van der Waals surface area contributed by atoms with E-state index in [4.69, 9.17) is 11.6 Å². The number of aromatic nitrogens is 1. The van der Waals surface area contributed by atoms with Gasteiger partial charge in [0.25, 0.3) is 5.91 Å². The van der Waals surface area contributed by atoms with Gasteiger partial charge in [0.2, 0.25) is 0 Å². The fraction of sp³-hybridized carbons (Fsp3) is 0.280. The maximum absolute atomic E-state index is 14.4. The molecule has 0 atom stereocenters. The van der Waals surface area contributed by atoms with Crippen molar-refractivity contribution in [3.05, 3.63) is 75.1 Å². The van der Waals surface area contributed by atoms with Crippen molar-refractivity contribution in [3.63, 3.8) is 0 Å². The van der Waals surface area contributed by atoms with E-state index in [1.165, 1.54) is 0 Å². The van der Waals surface area contributed by atoms with Crippen molar-refractivity contribution < 1.29 is 13.6 Å². The standard InChI is InChI=1S/C25H21ClF2N2OS2/c26-21-20-18(27)9-10-19(28)22(20)33-23(21)25(31)30(17-7-2-1-3-8-17)14-15-5-4-6-16(13-15)24-29-11-12-32-24/h4-6,9-13,17H,1-3,7-8,14H2. The van der Waals surface area contributed by atoms with Gasteiger partial charge in [-0.3, -0.25) is 4.79 Å². The lowest BCUT2D eigenvalue weighted by molar-refractivity contribution is 0.0619. The zero-order valence-electron chi connectivity index (χ0n) is 17.7. The fourth-order valence-corrected chi connectivity index (χ4v) is 6.63. The van der Waals surface area contributed by atoms with Crippen LogP contribution < -0.4 is 0 Å². The summed E-state index contributed by atoms with van der Waals surface area (Å²) < 4.78 is 28.9. The summed E-state index contributed by atoms with van der Waals surface area (Å²) in [4.78, 5) is 20.2. The normalized spacial score (nSPS) is 14.6. The Morgan fingerprint density at radius 1 is 1.12 bits per heavy atom. The lowest BCUT2D eigenvalue weighted by atomic mass is 9.93. The van der Waals surface area contributed by atoms with Crippen LogP contribution in [0.5, 0.6) is 0 Å². The van der Waals surface area contributed by atoms with Gasteiger partial charge in [-0.25, -0.2) is 13.8 Å². The SMILES string of the molecule is O=C(c1sc2c(F)ccc(F)c2c1Cl)N(Cc1cccc(-c2nccs2)c1)C1CCCCC1. The van der Waals surface area contributed by atoms with Crippen LogP contribution in [0, 0.1) is 11.6 Å². The number of nitrogens with zero attached hydrogens (tertiary/aromatic N) is 2. The molecule has 1 amide bonds. The molecule has 0 spiro atoms. The van der Waals surface area contributed by atoms with Gasteiger partial charge < -0.3 is 4.90 Å². The van der Waals surface area contributed by atoms with Crippen molar-refractivity contribution in [2.24, 2.45) is 0 Å². The average Bonchev–Trinajstić information content (AvgIpc) is 3.49. The molecule has 170 valence electrons. The van der Waals surface area contributed by atoms with E-state index in [9.17, 15) is 13.6 Å². The lowest BCUT2D eigenvalue weighted by Crippen LogP contribution is -2.40. The summed E-state index contributed by atoms with van der Waals surface area (Å²) in [6.07, 6.45) is 6.84. The van der Waals surface area contributed by atoms with Crippen molar-refractivity contribution in [3.8, 4) is 10.6 Å². The molecular formula is C25H21ClF2N2OS2. The second-order valence-electron chi connectivity index (χ2n) is 8.24. The quantitative estimate of drug-likeness (QED) is 0.277. The second-order valence-corrected chi connectivity index (χ2v) is 10.5. The van der Waals surface area contributed by atoms with Crippen LogP contribution >= 0.6 is 34.3 Å². The summed E-state index contributed by atoms with van der Waals surface area (Å²) in [5.41, 5.74) is 1.98. The number of carbonyl (C=O) groups excluding carboxylic acids is 1. The summed E-state index contributed by atoms with van der Waals surface area (Å²) >= 11 is 8.95. The van der Waals surface area contributed by atoms with Crippen LogP contribution in [-0.2, 0) is 6.54 Å². The number of amides is 1. The van der Waals surface area contributed by atoms with Crippen molar-refractivity contribution in [1.82, 2.24) is 9.88 Å². The van der Waals surface area contributed by atoms with Gasteiger partial charge in [-0.2, -0.15) is 0 Å². The molecule has 2 heterocycles. The van der Waals surface area contributed by atoms with Crippen LogP contribution in [0.2, 0.25) is 5.02 Å². The van der Waals surface area contributed by atoms with E-state index >= 15 is 0 Å². The molecule has 4 aromatic rings. The minimum Gasteiger partial charge on any atom is -0.331 e. The smallest absolute Gasteiger partial charge is 0.266 e. The highest BCUT2D eigenvalue weighted by molar-refractivity contribution is 7.21. The number of hydrogen-bond donors (Lipinski definition) is 0. The Bertz CT molecular complexity index is 1300. The Labute approximate surface area is 203 Å². The van der Waals surface area contributed by atoms with Gasteiger partial charge in [-0.1, -0.05) is 49.1 Å². The molecule has 0 radical (unpaired) electrons. The van der Waals surface area contributed by atoms with E-state index in [0.717, 1.165) is 71.7 Å². The number of rotatable bonds is 5. The number of benzene rings is 2. The molecule has 0 bridgehead atoms. The Kier molecular flexibility index (Phi) is 6.45. The van der Waals surface area contributed by atoms with Crippen molar-refractivity contribution in [2.75, 3.05) is 0 Å². The van der Waals surface area contributed by atoms with Crippen molar-refractivity contribution >= 4 is 50.3 Å². The zero-order valence-corrected chi connectivity index (χ0v) is 20.1. The van der Waals surface area contributed by atoms with E-state index in [0.29, 0.717) is 6.54 Å². The predicted molar refractivity (Wildman–Crippen MR) is 131 cm³/mol. The van der Waals surface area contributed by atoms with E-state index in [1.807, 2.05) is 34.5 Å². The number of thiophene rings is 1. The molecule has 0 saturated heterocycles. The maximum Gasteiger partial charge on any atom is 0.266 e. The number of hydrogen-bond acceptors (Lipinski definition) is 4. The largest absolute Gasteiger partial charge is 0.331 e. The summed E-state index contributed by atoms with van der Waals surface area (Å²) in [5.74, 6) is -1.46. The molecule has 0 aliphatic heterocycles. The van der Waals surface area contributed by atoms with E-state index in [-0.39, 0.29) is 31.9 Å². The lowest BCUT2D eigenvalue weighted by Gasteiger charge is -2.34. The topological polar surface area (TPSA) is 33.2 Å². The molecule has 1 aliphatic carbocycles. The first-order valence-electron chi connectivity index (χ1n) is 10.9. The monoisotopic (exact) mass is 502 g/mol. The first-order chi connectivity index (χ1) is 16.0. The van der Waals surface area contributed by atoms with Crippen LogP contribution in [0.4, 0.5) is 8.78 Å². The van der Waals surface area contributed by atoms with Gasteiger partial charge in [0.05, 0.1) is 15.1 Å². The minimum atomic E-state index is -0.618. The second kappa shape index (κ2) is 9.49. The first kappa shape index (κ1) is 22.4. The first-order valence-corrected chi connectivity index (χ1v) is 13.0. The highest BCUT2D eigenvalue weighted by Gasteiger charge is 2.31. The molecule has 0 unspecified atom stereocenters. The molecule has 5 rings (SSSR count). The fourth-order valence-electron chi connectivity index (χ4n) is 4.49. The minimum absolute atomic E-state index is 0.00524. The van der Waals surface area contributed by atoms with Crippen LogP contribution in [0.15, 0.2) is 48.0 Å². The van der Waals surface area contributed by atoms with E-state index in [1.54, 1.807) is 17.5 Å². The number of thiazole rings is 1. The third-order valence-corrected chi connectivity index (χ3v) is 8.61. The van der Waals surface area contributed by atoms with Crippen molar-refractivity contribution in [1.29, 1.82) is 0 Å². The van der Waals surface area contributed by atoms with Gasteiger partial charge in [0, 0.05) is 29.7 Å². The van der Waals surface area contributed by atoms with Crippen LogP contribution in [-0.4, -0.2) is 21.8 Å². The third-order valence-electron chi connectivity index (χ3n) is 6.11. The molecular weight excluding hydrogens is 482 g/mol. The van der Waals surface area contributed by atoms with E-state index < -0.39 is 11.6 Å². The molecule has 8 heteroatoms. The molecule has 1 saturated carbocycles. The molecule has 33 heavy (non-hydrogen) atoms. The van der Waals surface area contributed by atoms with E-state index in [2.05, 4.69) is 4.98 Å². The molecule has 1 fully saturated rings. The van der Waals surface area contributed by atoms with Crippen LogP contribution in [0.1, 0.15) is 47.3 Å². The van der Waals surface area contributed by atoms with Crippen molar-refractivity contribution in [2.45, 2.75) is 44.7 Å². The highest BCUT2D eigenvalue weighted by atomic mass is 35.5. The molecule has 1 aliphatic rings. The predicted octanol–water partition coefficient (Wildman–Crippen LogP) is 7.93. The summed E-state index contributed by atoms with van der Waals surface area (Å²) in [7, 11) is 0. The third kappa shape index (κ3) is 4.42. The van der Waals surface area contributed by atoms with Crippen LogP contribution in [0.3, 0.4) is 0 Å². The summed E-state index contributed by atoms with van der Waals surface area (Å²) in [6, 6.07) is 10.2. The Morgan fingerprint density at radius 2 is 1.91 bits per heavy atom.